The SMILES string of the molecule is O=C(O)C1CSC(c2ccc(Cl)c(Cl)c2)N1. The minimum atomic E-state index is -0.824. The first kappa shape index (κ1) is 12.0. The van der Waals surface area contributed by atoms with E-state index in [1.165, 1.54) is 0 Å². The molecular formula is C10H9Cl2NO2S. The largest absolute Gasteiger partial charge is 0.480 e. The third-order valence-corrected chi connectivity index (χ3v) is 4.33. The van der Waals surface area contributed by atoms with Crippen molar-refractivity contribution in [3.63, 3.8) is 0 Å². The van der Waals surface area contributed by atoms with E-state index in [-0.39, 0.29) is 5.37 Å². The highest BCUT2D eigenvalue weighted by Crippen LogP contribution is 2.35. The van der Waals surface area contributed by atoms with E-state index in [4.69, 9.17) is 28.3 Å². The summed E-state index contributed by atoms with van der Waals surface area (Å²) in [4.78, 5) is 10.8. The summed E-state index contributed by atoms with van der Waals surface area (Å²) < 4.78 is 0. The predicted octanol–water partition coefficient (Wildman–Crippen LogP) is 2.78. The maximum atomic E-state index is 10.8. The number of carboxylic acids is 1. The number of benzene rings is 1. The van der Waals surface area contributed by atoms with E-state index >= 15 is 0 Å². The lowest BCUT2D eigenvalue weighted by Crippen LogP contribution is -2.33. The van der Waals surface area contributed by atoms with Gasteiger partial charge in [0.25, 0.3) is 0 Å². The summed E-state index contributed by atoms with van der Waals surface area (Å²) in [5.41, 5.74) is 0.947. The summed E-state index contributed by atoms with van der Waals surface area (Å²) >= 11 is 13.3. The molecule has 1 heterocycles. The minimum absolute atomic E-state index is 0.0316. The van der Waals surface area contributed by atoms with Crippen LogP contribution in [0, 0.1) is 0 Å². The highest BCUT2D eigenvalue weighted by molar-refractivity contribution is 7.99. The van der Waals surface area contributed by atoms with Gasteiger partial charge in [0.15, 0.2) is 0 Å². The molecular weight excluding hydrogens is 269 g/mol. The zero-order valence-electron chi connectivity index (χ0n) is 8.11. The molecule has 2 atom stereocenters. The van der Waals surface area contributed by atoms with Crippen molar-refractivity contribution < 1.29 is 9.90 Å². The molecule has 0 aliphatic carbocycles. The van der Waals surface area contributed by atoms with Gasteiger partial charge in [0.1, 0.15) is 6.04 Å². The molecule has 1 aliphatic heterocycles. The lowest BCUT2D eigenvalue weighted by molar-refractivity contribution is -0.138. The molecule has 86 valence electrons. The van der Waals surface area contributed by atoms with Gasteiger partial charge in [-0.3, -0.25) is 10.1 Å². The van der Waals surface area contributed by atoms with Crippen molar-refractivity contribution in [3.8, 4) is 0 Å². The maximum Gasteiger partial charge on any atom is 0.321 e. The zero-order chi connectivity index (χ0) is 11.7. The number of aliphatic carboxylic acids is 1. The molecule has 16 heavy (non-hydrogen) atoms. The predicted molar refractivity (Wildman–Crippen MR) is 66.2 cm³/mol. The van der Waals surface area contributed by atoms with Crippen LogP contribution in [0.1, 0.15) is 10.9 Å². The first-order valence-corrected chi connectivity index (χ1v) is 6.44. The van der Waals surface area contributed by atoms with E-state index < -0.39 is 12.0 Å². The van der Waals surface area contributed by atoms with Gasteiger partial charge in [-0.2, -0.15) is 0 Å². The number of rotatable bonds is 2. The number of hydrogen-bond acceptors (Lipinski definition) is 3. The molecule has 1 fully saturated rings. The van der Waals surface area contributed by atoms with Gasteiger partial charge in [0.05, 0.1) is 15.4 Å². The van der Waals surface area contributed by atoms with E-state index in [1.807, 2.05) is 6.07 Å². The molecule has 6 heteroatoms. The smallest absolute Gasteiger partial charge is 0.321 e. The molecule has 1 saturated heterocycles. The molecule has 1 aromatic carbocycles. The first-order valence-electron chi connectivity index (χ1n) is 4.63. The van der Waals surface area contributed by atoms with Crippen molar-refractivity contribution in [2.75, 3.05) is 5.75 Å². The van der Waals surface area contributed by atoms with E-state index in [1.54, 1.807) is 23.9 Å². The Kier molecular flexibility index (Phi) is 3.64. The van der Waals surface area contributed by atoms with Crippen LogP contribution in [0.25, 0.3) is 0 Å². The van der Waals surface area contributed by atoms with Crippen LogP contribution in [0.5, 0.6) is 0 Å². The summed E-state index contributed by atoms with van der Waals surface area (Å²) in [5.74, 6) is -0.268. The van der Waals surface area contributed by atoms with Gasteiger partial charge in [-0.15, -0.1) is 11.8 Å². The normalized spacial score (nSPS) is 24.6. The Balaban J connectivity index is 2.14. The highest BCUT2D eigenvalue weighted by atomic mass is 35.5. The van der Waals surface area contributed by atoms with Crippen LogP contribution < -0.4 is 5.32 Å². The second-order valence-electron chi connectivity index (χ2n) is 3.44. The number of carbonyl (C=O) groups is 1. The van der Waals surface area contributed by atoms with Gasteiger partial charge in [0, 0.05) is 5.75 Å². The molecule has 0 amide bonds. The van der Waals surface area contributed by atoms with Crippen LogP contribution in [0.3, 0.4) is 0 Å². The molecule has 1 aromatic rings. The fourth-order valence-electron chi connectivity index (χ4n) is 1.48. The van der Waals surface area contributed by atoms with Gasteiger partial charge in [-0.05, 0) is 17.7 Å². The highest BCUT2D eigenvalue weighted by Gasteiger charge is 2.30. The van der Waals surface area contributed by atoms with Crippen molar-refractivity contribution in [3.05, 3.63) is 33.8 Å². The Bertz CT molecular complexity index is 427. The van der Waals surface area contributed by atoms with E-state index in [2.05, 4.69) is 5.32 Å². The van der Waals surface area contributed by atoms with Crippen LogP contribution in [0.4, 0.5) is 0 Å². The Hall–Kier alpha value is -0.420. The van der Waals surface area contributed by atoms with Crippen molar-refractivity contribution in [1.29, 1.82) is 0 Å². The van der Waals surface area contributed by atoms with Gasteiger partial charge in [-0.25, -0.2) is 0 Å². The topological polar surface area (TPSA) is 49.3 Å². The Labute approximate surface area is 107 Å². The number of hydrogen-bond donors (Lipinski definition) is 2. The average Bonchev–Trinajstić information content (AvgIpc) is 2.71. The second-order valence-corrected chi connectivity index (χ2v) is 5.40. The summed E-state index contributed by atoms with van der Waals surface area (Å²) in [5, 5.41) is 12.8. The molecule has 2 unspecified atom stereocenters. The zero-order valence-corrected chi connectivity index (χ0v) is 10.4. The third-order valence-electron chi connectivity index (χ3n) is 2.33. The standard InChI is InChI=1S/C10H9Cl2NO2S/c11-6-2-1-5(3-7(6)12)9-13-8(4-16-9)10(14)15/h1-3,8-9,13H,4H2,(H,14,15). The monoisotopic (exact) mass is 277 g/mol. The van der Waals surface area contributed by atoms with Crippen LogP contribution in [-0.2, 0) is 4.79 Å². The van der Waals surface area contributed by atoms with Crippen molar-refractivity contribution in [2.45, 2.75) is 11.4 Å². The molecule has 0 aromatic heterocycles. The minimum Gasteiger partial charge on any atom is -0.480 e. The summed E-state index contributed by atoms with van der Waals surface area (Å²) in [7, 11) is 0. The number of nitrogens with one attached hydrogen (secondary N) is 1. The molecule has 3 nitrogen and oxygen atoms in total. The fourth-order valence-corrected chi connectivity index (χ4v) is 3.01. The van der Waals surface area contributed by atoms with E-state index in [9.17, 15) is 4.79 Å². The van der Waals surface area contributed by atoms with Crippen LogP contribution in [0.15, 0.2) is 18.2 Å². The Morgan fingerprint density at radius 2 is 2.19 bits per heavy atom. The van der Waals surface area contributed by atoms with Gasteiger partial charge in [-0.1, -0.05) is 29.3 Å². The second kappa shape index (κ2) is 4.84. The van der Waals surface area contributed by atoms with Crippen molar-refractivity contribution in [2.24, 2.45) is 0 Å². The lowest BCUT2D eigenvalue weighted by atomic mass is 10.2. The Morgan fingerprint density at radius 3 is 2.75 bits per heavy atom. The number of thioether (sulfide) groups is 1. The summed E-state index contributed by atoms with van der Waals surface area (Å²) in [6.45, 7) is 0. The van der Waals surface area contributed by atoms with E-state index in [0.29, 0.717) is 15.8 Å². The van der Waals surface area contributed by atoms with Crippen LogP contribution in [0.2, 0.25) is 10.0 Å². The molecule has 2 N–H and O–H groups in total. The molecule has 1 aliphatic rings. The maximum absolute atomic E-state index is 10.8. The molecule has 0 bridgehead atoms. The molecule has 2 rings (SSSR count). The summed E-state index contributed by atoms with van der Waals surface area (Å²) in [6.07, 6.45) is 0. The Morgan fingerprint density at radius 1 is 1.44 bits per heavy atom. The van der Waals surface area contributed by atoms with Gasteiger partial charge in [0.2, 0.25) is 0 Å². The molecule has 0 saturated carbocycles. The lowest BCUT2D eigenvalue weighted by Gasteiger charge is -2.11. The third kappa shape index (κ3) is 2.46. The summed E-state index contributed by atoms with van der Waals surface area (Å²) in [6, 6.07) is 4.83. The fraction of sp³-hybridized carbons (Fsp3) is 0.300. The van der Waals surface area contributed by atoms with Crippen molar-refractivity contribution in [1.82, 2.24) is 5.32 Å². The molecule has 0 spiro atoms. The molecule has 0 radical (unpaired) electrons. The number of halogens is 2. The number of carboxylic acid groups (broad SMARTS) is 1. The van der Waals surface area contributed by atoms with Gasteiger partial charge >= 0.3 is 5.97 Å². The van der Waals surface area contributed by atoms with Crippen LogP contribution in [-0.4, -0.2) is 22.9 Å². The van der Waals surface area contributed by atoms with E-state index in [0.717, 1.165) is 5.56 Å². The van der Waals surface area contributed by atoms with Crippen molar-refractivity contribution >= 4 is 40.9 Å². The first-order chi connectivity index (χ1) is 7.58. The van der Waals surface area contributed by atoms with Crippen LogP contribution >= 0.6 is 35.0 Å². The average molecular weight is 278 g/mol. The van der Waals surface area contributed by atoms with Gasteiger partial charge < -0.3 is 5.11 Å². The quantitative estimate of drug-likeness (QED) is 0.873.